The molecular weight excluding hydrogens is 304 g/mol. The highest BCUT2D eigenvalue weighted by molar-refractivity contribution is 6.30. The number of amides is 1. The molecule has 0 aliphatic carbocycles. The third kappa shape index (κ3) is 3.28. The summed E-state index contributed by atoms with van der Waals surface area (Å²) in [5.41, 5.74) is 0.791. The largest absolute Gasteiger partial charge is 0.345 e. The van der Waals surface area contributed by atoms with Crippen molar-refractivity contribution in [1.82, 2.24) is 20.8 Å². The molecule has 1 aromatic heterocycles. The molecule has 3 rings (SSSR count). The first kappa shape index (κ1) is 15.0. The Morgan fingerprint density at radius 1 is 1.45 bits per heavy atom. The lowest BCUT2D eigenvalue weighted by Gasteiger charge is -2.14. The van der Waals surface area contributed by atoms with E-state index in [1.807, 2.05) is 19.1 Å². The Labute approximate surface area is 133 Å². The maximum Gasteiger partial charge on any atom is 0.257 e. The lowest BCUT2D eigenvalue weighted by Crippen LogP contribution is -2.41. The SMILES string of the molecule is CC(NC(=O)C1CCCN1)c1noc(-c2ccc(Cl)cc2)n1. The molecule has 116 valence electrons. The van der Waals surface area contributed by atoms with E-state index in [-0.39, 0.29) is 18.0 Å². The van der Waals surface area contributed by atoms with Crippen LogP contribution in [0.3, 0.4) is 0 Å². The Hall–Kier alpha value is -1.92. The fourth-order valence-corrected chi connectivity index (χ4v) is 2.53. The Balaban J connectivity index is 1.67. The third-order valence-corrected chi connectivity index (χ3v) is 3.91. The van der Waals surface area contributed by atoms with Crippen LogP contribution in [0.25, 0.3) is 11.5 Å². The zero-order valence-corrected chi connectivity index (χ0v) is 12.9. The zero-order valence-electron chi connectivity index (χ0n) is 12.2. The molecule has 22 heavy (non-hydrogen) atoms. The Bertz CT molecular complexity index is 650. The first-order valence-corrected chi connectivity index (χ1v) is 7.64. The van der Waals surface area contributed by atoms with Gasteiger partial charge in [0.05, 0.1) is 12.1 Å². The van der Waals surface area contributed by atoms with Gasteiger partial charge in [-0.25, -0.2) is 0 Å². The van der Waals surface area contributed by atoms with Gasteiger partial charge in [-0.2, -0.15) is 4.98 Å². The van der Waals surface area contributed by atoms with E-state index in [1.165, 1.54) is 0 Å². The number of hydrogen-bond donors (Lipinski definition) is 2. The molecule has 0 spiro atoms. The predicted molar refractivity (Wildman–Crippen MR) is 82.3 cm³/mol. The van der Waals surface area contributed by atoms with Gasteiger partial charge in [0.2, 0.25) is 5.91 Å². The number of benzene rings is 1. The van der Waals surface area contributed by atoms with Crippen molar-refractivity contribution < 1.29 is 9.32 Å². The number of halogens is 1. The summed E-state index contributed by atoms with van der Waals surface area (Å²) in [4.78, 5) is 16.4. The lowest BCUT2D eigenvalue weighted by molar-refractivity contribution is -0.123. The molecule has 1 aliphatic rings. The molecule has 2 unspecified atom stereocenters. The van der Waals surface area contributed by atoms with Gasteiger partial charge >= 0.3 is 0 Å². The number of aromatic nitrogens is 2. The van der Waals surface area contributed by atoms with Gasteiger partial charge in [0.25, 0.3) is 5.89 Å². The van der Waals surface area contributed by atoms with E-state index in [9.17, 15) is 4.79 Å². The highest BCUT2D eigenvalue weighted by atomic mass is 35.5. The number of rotatable bonds is 4. The maximum absolute atomic E-state index is 12.1. The summed E-state index contributed by atoms with van der Waals surface area (Å²) >= 11 is 5.85. The number of hydrogen-bond acceptors (Lipinski definition) is 5. The van der Waals surface area contributed by atoms with Crippen molar-refractivity contribution in [2.24, 2.45) is 0 Å². The third-order valence-electron chi connectivity index (χ3n) is 3.66. The summed E-state index contributed by atoms with van der Waals surface area (Å²) in [6.07, 6.45) is 1.89. The van der Waals surface area contributed by atoms with Crippen molar-refractivity contribution in [3.8, 4) is 11.5 Å². The van der Waals surface area contributed by atoms with E-state index in [0.717, 1.165) is 24.9 Å². The minimum atomic E-state index is -0.306. The fourth-order valence-electron chi connectivity index (χ4n) is 2.41. The van der Waals surface area contributed by atoms with E-state index in [4.69, 9.17) is 16.1 Å². The summed E-state index contributed by atoms with van der Waals surface area (Å²) in [7, 11) is 0. The zero-order chi connectivity index (χ0) is 15.5. The van der Waals surface area contributed by atoms with Gasteiger partial charge in [0.15, 0.2) is 5.82 Å². The van der Waals surface area contributed by atoms with E-state index in [2.05, 4.69) is 20.8 Å². The van der Waals surface area contributed by atoms with Gasteiger partial charge in [-0.05, 0) is 50.6 Å². The van der Waals surface area contributed by atoms with Crippen LogP contribution in [0, 0.1) is 0 Å². The molecular formula is C15H17ClN4O2. The van der Waals surface area contributed by atoms with Crippen LogP contribution in [0.1, 0.15) is 31.6 Å². The van der Waals surface area contributed by atoms with Gasteiger partial charge in [0.1, 0.15) is 0 Å². The summed E-state index contributed by atoms with van der Waals surface area (Å²) < 4.78 is 5.25. The predicted octanol–water partition coefficient (Wildman–Crippen LogP) is 2.32. The van der Waals surface area contributed by atoms with Crippen LogP contribution >= 0.6 is 11.6 Å². The topological polar surface area (TPSA) is 80.0 Å². The Morgan fingerprint density at radius 3 is 2.91 bits per heavy atom. The number of carbonyl (C=O) groups is 1. The van der Waals surface area contributed by atoms with E-state index >= 15 is 0 Å². The molecule has 1 amide bonds. The second kappa shape index (κ2) is 6.46. The van der Waals surface area contributed by atoms with Crippen LogP contribution in [-0.2, 0) is 4.79 Å². The normalized spacial score (nSPS) is 19.1. The van der Waals surface area contributed by atoms with Gasteiger partial charge in [-0.15, -0.1) is 0 Å². The van der Waals surface area contributed by atoms with Crippen LogP contribution in [0.15, 0.2) is 28.8 Å². The maximum atomic E-state index is 12.1. The van der Waals surface area contributed by atoms with Gasteiger partial charge in [0, 0.05) is 10.6 Å². The smallest absolute Gasteiger partial charge is 0.257 e. The molecule has 2 atom stereocenters. The highest BCUT2D eigenvalue weighted by Crippen LogP contribution is 2.21. The first-order chi connectivity index (χ1) is 10.6. The average Bonchev–Trinajstić information content (AvgIpc) is 3.20. The molecule has 2 aromatic rings. The van der Waals surface area contributed by atoms with Crippen LogP contribution in [-0.4, -0.2) is 28.6 Å². The van der Waals surface area contributed by atoms with Gasteiger partial charge in [-0.1, -0.05) is 16.8 Å². The van der Waals surface area contributed by atoms with Crippen molar-refractivity contribution in [2.45, 2.75) is 31.8 Å². The van der Waals surface area contributed by atoms with Gasteiger partial charge in [-0.3, -0.25) is 4.79 Å². The molecule has 0 bridgehead atoms. The first-order valence-electron chi connectivity index (χ1n) is 7.27. The molecule has 2 heterocycles. The molecule has 7 heteroatoms. The lowest BCUT2D eigenvalue weighted by atomic mass is 10.2. The highest BCUT2D eigenvalue weighted by Gasteiger charge is 2.25. The monoisotopic (exact) mass is 320 g/mol. The van der Waals surface area contributed by atoms with Crippen LogP contribution in [0.4, 0.5) is 0 Å². The average molecular weight is 321 g/mol. The second-order valence-corrected chi connectivity index (χ2v) is 5.78. The molecule has 2 N–H and O–H groups in total. The Kier molecular flexibility index (Phi) is 4.40. The number of nitrogens with zero attached hydrogens (tertiary/aromatic N) is 2. The molecule has 1 fully saturated rings. The number of nitrogens with one attached hydrogen (secondary N) is 2. The molecule has 1 aromatic carbocycles. The summed E-state index contributed by atoms with van der Waals surface area (Å²) in [5.74, 6) is 0.839. The molecule has 1 aliphatic heterocycles. The van der Waals surface area contributed by atoms with Crippen molar-refractivity contribution in [3.05, 3.63) is 35.1 Å². The van der Waals surface area contributed by atoms with Crippen molar-refractivity contribution in [3.63, 3.8) is 0 Å². The van der Waals surface area contributed by atoms with Crippen LogP contribution in [0.2, 0.25) is 5.02 Å². The van der Waals surface area contributed by atoms with Crippen molar-refractivity contribution >= 4 is 17.5 Å². The Morgan fingerprint density at radius 2 is 2.23 bits per heavy atom. The van der Waals surface area contributed by atoms with E-state index in [0.29, 0.717) is 16.7 Å². The minimum absolute atomic E-state index is 0.0251. The molecule has 1 saturated heterocycles. The minimum Gasteiger partial charge on any atom is -0.345 e. The van der Waals surface area contributed by atoms with E-state index in [1.54, 1.807) is 12.1 Å². The van der Waals surface area contributed by atoms with Crippen LogP contribution in [0.5, 0.6) is 0 Å². The summed E-state index contributed by atoms with van der Waals surface area (Å²) in [6, 6.07) is 6.72. The molecule has 0 radical (unpaired) electrons. The number of carbonyl (C=O) groups excluding carboxylic acids is 1. The second-order valence-electron chi connectivity index (χ2n) is 5.34. The van der Waals surface area contributed by atoms with Crippen molar-refractivity contribution in [2.75, 3.05) is 6.54 Å². The van der Waals surface area contributed by atoms with E-state index < -0.39 is 0 Å². The van der Waals surface area contributed by atoms with Gasteiger partial charge < -0.3 is 15.2 Å². The molecule has 0 saturated carbocycles. The quantitative estimate of drug-likeness (QED) is 0.903. The van der Waals surface area contributed by atoms with Crippen molar-refractivity contribution in [1.29, 1.82) is 0 Å². The summed E-state index contributed by atoms with van der Waals surface area (Å²) in [6.45, 7) is 2.72. The standard InChI is InChI=1S/C15H17ClN4O2/c1-9(18-14(21)12-3-2-8-17-12)13-19-15(22-20-13)10-4-6-11(16)7-5-10/h4-7,9,12,17H,2-3,8H2,1H3,(H,18,21). The molecule has 6 nitrogen and oxygen atoms in total. The summed E-state index contributed by atoms with van der Waals surface area (Å²) in [5, 5.41) is 10.7. The fraction of sp³-hybridized carbons (Fsp3) is 0.400. The van der Waals surface area contributed by atoms with Crippen LogP contribution < -0.4 is 10.6 Å².